The Morgan fingerprint density at radius 1 is 1.02 bits per heavy atom. The minimum atomic E-state index is -3.96. The lowest BCUT2D eigenvalue weighted by Crippen LogP contribution is -2.58. The van der Waals surface area contributed by atoms with Crippen molar-refractivity contribution in [3.05, 3.63) is 70.3 Å². The number of hydrogen-bond donors (Lipinski definition) is 1. The average molecular weight is 824 g/mol. The van der Waals surface area contributed by atoms with E-state index < -0.39 is 26.8 Å². The Morgan fingerprint density at radius 3 is 2.49 bits per heavy atom. The van der Waals surface area contributed by atoms with Crippen LogP contribution < -0.4 is 14.4 Å². The standard InChI is InChI=1S/C46H67ClN4O5S/c1-6-23-50(24-7-2)39-19-25-49(26-20-39)31-46(56-8-3)22-9-11-33(4)34(5)57(53,54)48-44(52)36-14-18-43-42(28-36)51(29-37-13-16-41(37)46)30-45(32-55-43)21-10-12-35-27-38(47)15-17-40(35)45/h9,14-15,17-18,22,27-28,33-34,37,39,41H,6-8,10-13,16,19-21,23-26,29-32H2,1-5H3,(H,48,52)/b22-9+/t33-,34+,37-,41+,45-,46+/m0/s1. The molecule has 5 aliphatic rings. The lowest BCUT2D eigenvalue weighted by atomic mass is 9.63. The van der Waals surface area contributed by atoms with Crippen LogP contribution in [0.2, 0.25) is 5.02 Å². The summed E-state index contributed by atoms with van der Waals surface area (Å²) in [6.45, 7) is 18.2. The quantitative estimate of drug-likeness (QED) is 0.253. The van der Waals surface area contributed by atoms with Gasteiger partial charge in [0.15, 0.2) is 0 Å². The first kappa shape index (κ1) is 42.5. The molecule has 0 aromatic heterocycles. The van der Waals surface area contributed by atoms with Gasteiger partial charge in [0.1, 0.15) is 11.4 Å². The smallest absolute Gasteiger partial charge is 0.264 e. The number of amides is 1. The molecule has 3 heterocycles. The van der Waals surface area contributed by atoms with Crippen molar-refractivity contribution in [1.29, 1.82) is 0 Å². The summed E-state index contributed by atoms with van der Waals surface area (Å²) in [5.74, 6) is 0.534. The molecule has 314 valence electrons. The van der Waals surface area contributed by atoms with Crippen molar-refractivity contribution in [3.63, 3.8) is 0 Å². The van der Waals surface area contributed by atoms with E-state index in [1.165, 1.54) is 36.8 Å². The lowest BCUT2D eigenvalue weighted by molar-refractivity contribution is -0.112. The zero-order valence-electron chi connectivity index (χ0n) is 35.1. The molecule has 7 rings (SSSR count). The van der Waals surface area contributed by atoms with Gasteiger partial charge in [-0.15, -0.1) is 0 Å². The van der Waals surface area contributed by atoms with E-state index in [0.717, 1.165) is 94.4 Å². The first-order chi connectivity index (χ1) is 27.4. The number of fused-ring (bicyclic) bond motifs is 4. The van der Waals surface area contributed by atoms with Gasteiger partial charge < -0.3 is 24.2 Å². The molecule has 2 aromatic carbocycles. The number of hydrogen-bond acceptors (Lipinski definition) is 8. The topological polar surface area (TPSA) is 91.4 Å². The zero-order chi connectivity index (χ0) is 40.4. The molecule has 57 heavy (non-hydrogen) atoms. The van der Waals surface area contributed by atoms with Crippen LogP contribution in [0, 0.1) is 17.8 Å². The molecule has 1 N–H and O–H groups in total. The third-order valence-electron chi connectivity index (χ3n) is 14.2. The summed E-state index contributed by atoms with van der Waals surface area (Å²) in [5.41, 5.74) is 2.97. The molecule has 1 saturated heterocycles. The first-order valence-electron chi connectivity index (χ1n) is 22.1. The Kier molecular flexibility index (Phi) is 13.4. The summed E-state index contributed by atoms with van der Waals surface area (Å²) in [6, 6.07) is 12.4. The van der Waals surface area contributed by atoms with Gasteiger partial charge in [0.2, 0.25) is 10.0 Å². The molecule has 2 aromatic rings. The van der Waals surface area contributed by atoms with Crippen molar-refractivity contribution < 1.29 is 22.7 Å². The number of aryl methyl sites for hydroxylation is 1. The molecule has 1 amide bonds. The number of sulfonamides is 1. The Morgan fingerprint density at radius 2 is 1.79 bits per heavy atom. The summed E-state index contributed by atoms with van der Waals surface area (Å²) in [7, 11) is -3.96. The van der Waals surface area contributed by atoms with E-state index in [1.807, 2.05) is 25.1 Å². The van der Waals surface area contributed by atoms with E-state index in [1.54, 1.807) is 13.0 Å². The second-order valence-electron chi connectivity index (χ2n) is 18.0. The molecule has 1 saturated carbocycles. The molecule has 0 radical (unpaired) electrons. The van der Waals surface area contributed by atoms with Crippen LogP contribution in [-0.4, -0.2) is 100 Å². The second kappa shape index (κ2) is 17.9. The fourth-order valence-corrected chi connectivity index (χ4v) is 12.3. The number of anilines is 1. The molecular formula is C46H67ClN4O5S. The number of benzene rings is 2. The molecule has 1 spiro atoms. The van der Waals surface area contributed by atoms with Gasteiger partial charge in [0.25, 0.3) is 5.91 Å². The number of rotatable bonds is 9. The van der Waals surface area contributed by atoms with E-state index in [9.17, 15) is 13.2 Å². The number of carbonyl (C=O) groups is 1. The predicted octanol–water partition coefficient (Wildman–Crippen LogP) is 8.25. The van der Waals surface area contributed by atoms with Crippen LogP contribution in [0.4, 0.5) is 5.69 Å². The maximum Gasteiger partial charge on any atom is 0.264 e. The second-order valence-corrected chi connectivity index (χ2v) is 20.4. The lowest BCUT2D eigenvalue weighted by Gasteiger charge is -2.52. The molecule has 6 atom stereocenters. The van der Waals surface area contributed by atoms with Crippen LogP contribution in [0.25, 0.3) is 0 Å². The van der Waals surface area contributed by atoms with E-state index in [0.29, 0.717) is 37.2 Å². The molecule has 2 fully saturated rings. The van der Waals surface area contributed by atoms with Crippen LogP contribution in [0.1, 0.15) is 114 Å². The Bertz CT molecular complexity index is 1860. The molecule has 2 aliphatic carbocycles. The van der Waals surface area contributed by atoms with Crippen molar-refractivity contribution in [2.24, 2.45) is 17.8 Å². The molecule has 0 unspecified atom stereocenters. The van der Waals surface area contributed by atoms with Crippen LogP contribution in [0.5, 0.6) is 5.75 Å². The summed E-state index contributed by atoms with van der Waals surface area (Å²) in [5, 5.41) is -0.0189. The van der Waals surface area contributed by atoms with E-state index in [2.05, 4.69) is 64.5 Å². The van der Waals surface area contributed by atoms with Gasteiger partial charge in [-0.3, -0.25) is 4.79 Å². The molecule has 11 heteroatoms. The molecule has 3 aliphatic heterocycles. The Balaban J connectivity index is 1.26. The number of ether oxygens (including phenoxy) is 2. The number of piperidine rings is 1. The van der Waals surface area contributed by atoms with Crippen LogP contribution in [0.3, 0.4) is 0 Å². The number of likely N-dealkylation sites (tertiary alicyclic amines) is 1. The monoisotopic (exact) mass is 822 g/mol. The largest absolute Gasteiger partial charge is 0.490 e. The summed E-state index contributed by atoms with van der Waals surface area (Å²) < 4.78 is 43.7. The summed E-state index contributed by atoms with van der Waals surface area (Å²) in [6.07, 6.45) is 15.0. The highest BCUT2D eigenvalue weighted by molar-refractivity contribution is 7.90. The minimum absolute atomic E-state index is 0.213. The minimum Gasteiger partial charge on any atom is -0.490 e. The molecular weight excluding hydrogens is 756 g/mol. The molecule has 2 bridgehead atoms. The fraction of sp³-hybridized carbons (Fsp3) is 0.674. The van der Waals surface area contributed by atoms with E-state index >= 15 is 0 Å². The normalized spacial score (nSPS) is 31.4. The number of allylic oxidation sites excluding steroid dienone is 1. The highest BCUT2D eigenvalue weighted by Gasteiger charge is 2.50. The Labute approximate surface area is 347 Å². The van der Waals surface area contributed by atoms with Crippen LogP contribution >= 0.6 is 11.6 Å². The summed E-state index contributed by atoms with van der Waals surface area (Å²) in [4.78, 5) is 21.6. The maximum atomic E-state index is 13.7. The van der Waals surface area contributed by atoms with Crippen LogP contribution in [0.15, 0.2) is 48.6 Å². The van der Waals surface area contributed by atoms with Crippen molar-refractivity contribution in [3.8, 4) is 5.75 Å². The third-order valence-corrected chi connectivity index (χ3v) is 16.4. The highest BCUT2D eigenvalue weighted by atomic mass is 35.5. The number of nitrogens with zero attached hydrogens (tertiary/aromatic N) is 3. The predicted molar refractivity (Wildman–Crippen MR) is 231 cm³/mol. The number of carbonyl (C=O) groups excluding carboxylic acids is 1. The van der Waals surface area contributed by atoms with Gasteiger partial charge in [0.05, 0.1) is 17.5 Å². The van der Waals surface area contributed by atoms with Crippen molar-refractivity contribution in [1.82, 2.24) is 14.5 Å². The first-order valence-corrected chi connectivity index (χ1v) is 24.0. The van der Waals surface area contributed by atoms with Crippen molar-refractivity contribution in [2.45, 2.75) is 121 Å². The van der Waals surface area contributed by atoms with E-state index in [4.69, 9.17) is 21.1 Å². The average Bonchev–Trinajstić information content (AvgIpc) is 3.32. The van der Waals surface area contributed by atoms with Gasteiger partial charge in [-0.05, 0) is 163 Å². The highest BCUT2D eigenvalue weighted by Crippen LogP contribution is 2.49. The SMILES string of the molecule is CCCN(CCC)C1CCN(C[C@]2(OCC)/C=C/C[C@H](C)[C@@H](C)S(=O)(=O)NC(=O)c3ccc4c(c3)N(C[C@@H]3CC[C@H]32)C[C@@]2(CCCc3cc(Cl)ccc32)CO4)CC1. The molecule has 9 nitrogen and oxygen atoms in total. The van der Waals surface area contributed by atoms with Crippen molar-refractivity contribution >= 4 is 33.2 Å². The van der Waals surface area contributed by atoms with Gasteiger partial charge in [0, 0.05) is 48.3 Å². The Hall–Kier alpha value is -2.63. The van der Waals surface area contributed by atoms with Gasteiger partial charge in [-0.2, -0.15) is 0 Å². The number of halogens is 1. The third kappa shape index (κ3) is 8.96. The summed E-state index contributed by atoms with van der Waals surface area (Å²) >= 11 is 6.54. The van der Waals surface area contributed by atoms with Gasteiger partial charge in [-0.1, -0.05) is 50.6 Å². The van der Waals surface area contributed by atoms with Crippen LogP contribution in [-0.2, 0) is 26.6 Å². The van der Waals surface area contributed by atoms with Gasteiger partial charge >= 0.3 is 0 Å². The van der Waals surface area contributed by atoms with Crippen molar-refractivity contribution in [2.75, 3.05) is 63.9 Å². The zero-order valence-corrected chi connectivity index (χ0v) is 36.7. The maximum absolute atomic E-state index is 13.7. The fourth-order valence-electron chi connectivity index (χ4n) is 10.8. The van der Waals surface area contributed by atoms with E-state index in [-0.39, 0.29) is 17.3 Å². The van der Waals surface area contributed by atoms with Gasteiger partial charge in [-0.25, -0.2) is 13.1 Å². The number of nitrogens with one attached hydrogen (secondary N) is 1.